The number of nitrogens with one attached hydrogen (secondary N) is 1. The van der Waals surface area contributed by atoms with Crippen LogP contribution < -0.4 is 5.32 Å². The Hall–Kier alpha value is -1.55. The van der Waals surface area contributed by atoms with E-state index in [1.54, 1.807) is 0 Å². The van der Waals surface area contributed by atoms with E-state index in [1.807, 2.05) is 25.1 Å². The van der Waals surface area contributed by atoms with Crippen molar-refractivity contribution < 1.29 is 9.53 Å². The average molecular weight is 276 g/mol. The second-order valence-electron chi connectivity index (χ2n) is 5.60. The number of esters is 1. The molecule has 110 valence electrons. The number of piperidine rings is 1. The van der Waals surface area contributed by atoms with Gasteiger partial charge in [-0.3, -0.25) is 0 Å². The summed E-state index contributed by atoms with van der Waals surface area (Å²) in [6.07, 6.45) is 2.47. The third-order valence-corrected chi connectivity index (χ3v) is 4.16. The average Bonchev–Trinajstić information content (AvgIpc) is 2.47. The molecule has 0 aromatic heterocycles. The van der Waals surface area contributed by atoms with Gasteiger partial charge in [0, 0.05) is 12.2 Å². The zero-order valence-corrected chi connectivity index (χ0v) is 12.6. The van der Waals surface area contributed by atoms with E-state index < -0.39 is 0 Å². The van der Waals surface area contributed by atoms with Gasteiger partial charge in [-0.25, -0.2) is 4.79 Å². The molecule has 1 N–H and O–H groups in total. The molecule has 0 atom stereocenters. The summed E-state index contributed by atoms with van der Waals surface area (Å²) in [5, 5.41) is 3.49. The van der Waals surface area contributed by atoms with Crippen molar-refractivity contribution in [3.05, 3.63) is 29.3 Å². The predicted molar refractivity (Wildman–Crippen MR) is 81.2 cm³/mol. The third kappa shape index (κ3) is 3.51. The van der Waals surface area contributed by atoms with E-state index in [0.29, 0.717) is 11.5 Å². The van der Waals surface area contributed by atoms with Gasteiger partial charge in [0.15, 0.2) is 0 Å². The van der Waals surface area contributed by atoms with Crippen molar-refractivity contribution >= 4 is 11.7 Å². The van der Waals surface area contributed by atoms with Crippen LogP contribution in [0.1, 0.15) is 28.8 Å². The topological polar surface area (TPSA) is 41.6 Å². The number of anilines is 1. The van der Waals surface area contributed by atoms with Crippen LogP contribution in [0.3, 0.4) is 0 Å². The van der Waals surface area contributed by atoms with Crippen molar-refractivity contribution in [3.63, 3.8) is 0 Å². The maximum absolute atomic E-state index is 11.7. The SMILES string of the molecule is COC(=O)c1cccc(NCC2CCN(C)CC2)c1C. The minimum atomic E-state index is -0.273. The van der Waals surface area contributed by atoms with Gasteiger partial charge in [-0.1, -0.05) is 6.07 Å². The number of methoxy groups -OCH3 is 1. The van der Waals surface area contributed by atoms with Crippen molar-refractivity contribution in [2.45, 2.75) is 19.8 Å². The molecule has 0 bridgehead atoms. The molecule has 0 radical (unpaired) electrons. The van der Waals surface area contributed by atoms with Gasteiger partial charge >= 0.3 is 5.97 Å². The number of nitrogens with zero attached hydrogens (tertiary/aromatic N) is 1. The summed E-state index contributed by atoms with van der Waals surface area (Å²) in [5.74, 6) is 0.442. The summed E-state index contributed by atoms with van der Waals surface area (Å²) < 4.78 is 4.81. The first kappa shape index (κ1) is 14.9. The largest absolute Gasteiger partial charge is 0.465 e. The fourth-order valence-corrected chi connectivity index (χ4v) is 2.68. The van der Waals surface area contributed by atoms with Crippen LogP contribution in [0.4, 0.5) is 5.69 Å². The fraction of sp³-hybridized carbons (Fsp3) is 0.562. The van der Waals surface area contributed by atoms with Crippen LogP contribution in [-0.2, 0) is 4.74 Å². The minimum absolute atomic E-state index is 0.273. The van der Waals surface area contributed by atoms with Crippen molar-refractivity contribution in [2.75, 3.05) is 39.1 Å². The smallest absolute Gasteiger partial charge is 0.338 e. The Balaban J connectivity index is 1.98. The molecule has 0 spiro atoms. The molecule has 1 aromatic rings. The maximum atomic E-state index is 11.7. The molecule has 20 heavy (non-hydrogen) atoms. The van der Waals surface area contributed by atoms with Crippen LogP contribution in [0.2, 0.25) is 0 Å². The molecule has 1 aliphatic rings. The van der Waals surface area contributed by atoms with Gasteiger partial charge in [-0.2, -0.15) is 0 Å². The number of benzene rings is 1. The highest BCUT2D eigenvalue weighted by molar-refractivity contribution is 5.92. The van der Waals surface area contributed by atoms with E-state index in [1.165, 1.54) is 33.0 Å². The normalized spacial score (nSPS) is 16.9. The number of carbonyl (C=O) groups is 1. The van der Waals surface area contributed by atoms with Crippen molar-refractivity contribution in [2.24, 2.45) is 5.92 Å². The van der Waals surface area contributed by atoms with Gasteiger partial charge < -0.3 is 15.0 Å². The molecular formula is C16H24N2O2. The third-order valence-electron chi connectivity index (χ3n) is 4.16. The van der Waals surface area contributed by atoms with E-state index in [2.05, 4.69) is 17.3 Å². The van der Waals surface area contributed by atoms with Crippen LogP contribution in [-0.4, -0.2) is 44.7 Å². The number of ether oxygens (including phenoxy) is 1. The predicted octanol–water partition coefficient (Wildman–Crippen LogP) is 2.54. The first-order valence-electron chi connectivity index (χ1n) is 7.22. The standard InChI is InChI=1S/C16H24N2O2/c1-12-14(16(19)20-3)5-4-6-15(12)17-11-13-7-9-18(2)10-8-13/h4-6,13,17H,7-11H2,1-3H3. The maximum Gasteiger partial charge on any atom is 0.338 e. The van der Waals surface area contributed by atoms with Crippen LogP contribution in [0.15, 0.2) is 18.2 Å². The Labute approximate surface area is 121 Å². The Morgan fingerprint density at radius 1 is 1.40 bits per heavy atom. The molecule has 0 unspecified atom stereocenters. The van der Waals surface area contributed by atoms with Gasteiger partial charge in [0.25, 0.3) is 0 Å². The number of hydrogen-bond acceptors (Lipinski definition) is 4. The van der Waals surface area contributed by atoms with E-state index >= 15 is 0 Å². The van der Waals surface area contributed by atoms with Gasteiger partial charge in [-0.15, -0.1) is 0 Å². The molecule has 0 aliphatic carbocycles. The van der Waals surface area contributed by atoms with E-state index in [4.69, 9.17) is 4.74 Å². The van der Waals surface area contributed by atoms with Crippen molar-refractivity contribution in [3.8, 4) is 0 Å². The second kappa shape index (κ2) is 6.75. The molecule has 1 fully saturated rings. The monoisotopic (exact) mass is 276 g/mol. The summed E-state index contributed by atoms with van der Waals surface area (Å²) in [4.78, 5) is 14.0. The summed E-state index contributed by atoms with van der Waals surface area (Å²) >= 11 is 0. The molecular weight excluding hydrogens is 252 g/mol. The lowest BCUT2D eigenvalue weighted by Gasteiger charge is -2.29. The van der Waals surface area contributed by atoms with Crippen LogP contribution in [0.25, 0.3) is 0 Å². The quantitative estimate of drug-likeness (QED) is 0.858. The number of likely N-dealkylation sites (tertiary alicyclic amines) is 1. The Morgan fingerprint density at radius 3 is 2.75 bits per heavy atom. The van der Waals surface area contributed by atoms with Crippen LogP contribution in [0, 0.1) is 12.8 Å². The van der Waals surface area contributed by atoms with Crippen LogP contribution in [0.5, 0.6) is 0 Å². The minimum Gasteiger partial charge on any atom is -0.465 e. The van der Waals surface area contributed by atoms with E-state index in [0.717, 1.165) is 17.8 Å². The van der Waals surface area contributed by atoms with Crippen molar-refractivity contribution in [1.82, 2.24) is 4.90 Å². The van der Waals surface area contributed by atoms with E-state index in [9.17, 15) is 4.79 Å². The Kier molecular flexibility index (Phi) is 5.01. The number of rotatable bonds is 4. The summed E-state index contributed by atoms with van der Waals surface area (Å²) in [6.45, 7) is 5.28. The second-order valence-corrected chi connectivity index (χ2v) is 5.60. The highest BCUT2D eigenvalue weighted by Gasteiger charge is 2.17. The number of hydrogen-bond donors (Lipinski definition) is 1. The lowest BCUT2D eigenvalue weighted by Crippen LogP contribution is -2.33. The summed E-state index contributed by atoms with van der Waals surface area (Å²) in [7, 11) is 3.59. The molecule has 1 heterocycles. The fourth-order valence-electron chi connectivity index (χ4n) is 2.68. The summed E-state index contributed by atoms with van der Waals surface area (Å²) in [5.41, 5.74) is 2.64. The molecule has 0 saturated carbocycles. The molecule has 1 saturated heterocycles. The molecule has 4 nitrogen and oxygen atoms in total. The number of carbonyl (C=O) groups excluding carboxylic acids is 1. The lowest BCUT2D eigenvalue weighted by molar-refractivity contribution is 0.0600. The molecule has 1 aliphatic heterocycles. The Morgan fingerprint density at radius 2 is 2.10 bits per heavy atom. The highest BCUT2D eigenvalue weighted by Crippen LogP contribution is 2.22. The zero-order chi connectivity index (χ0) is 14.5. The first-order chi connectivity index (χ1) is 9.61. The highest BCUT2D eigenvalue weighted by atomic mass is 16.5. The summed E-state index contributed by atoms with van der Waals surface area (Å²) in [6, 6.07) is 5.73. The molecule has 2 rings (SSSR count). The Bertz CT molecular complexity index is 466. The van der Waals surface area contributed by atoms with Gasteiger partial charge in [0.1, 0.15) is 0 Å². The molecule has 4 heteroatoms. The van der Waals surface area contributed by atoms with Gasteiger partial charge in [0.05, 0.1) is 12.7 Å². The molecule has 0 amide bonds. The zero-order valence-electron chi connectivity index (χ0n) is 12.6. The lowest BCUT2D eigenvalue weighted by atomic mass is 9.97. The first-order valence-corrected chi connectivity index (χ1v) is 7.22. The van der Waals surface area contributed by atoms with Gasteiger partial charge in [-0.05, 0) is 63.5 Å². The molecule has 1 aromatic carbocycles. The van der Waals surface area contributed by atoms with Gasteiger partial charge in [0.2, 0.25) is 0 Å². The van der Waals surface area contributed by atoms with Crippen molar-refractivity contribution in [1.29, 1.82) is 0 Å². The van der Waals surface area contributed by atoms with E-state index in [-0.39, 0.29) is 5.97 Å². The van der Waals surface area contributed by atoms with Crippen LogP contribution >= 0.6 is 0 Å².